The molecule has 1 rings (SSSR count). The van der Waals surface area contributed by atoms with Crippen LogP contribution in [0.25, 0.3) is 17.7 Å². The summed E-state index contributed by atoms with van der Waals surface area (Å²) >= 11 is 0. The number of allylic oxidation sites excluding steroid dienone is 7. The molecular formula is C17H20N2. The first kappa shape index (κ1) is 14.7. The lowest BCUT2D eigenvalue weighted by Crippen LogP contribution is -1.97. The summed E-state index contributed by atoms with van der Waals surface area (Å²) in [6.45, 7) is 13.2. The van der Waals surface area contributed by atoms with Gasteiger partial charge in [0.2, 0.25) is 0 Å². The normalized spacial score (nSPS) is 12.2. The van der Waals surface area contributed by atoms with Crippen LogP contribution >= 0.6 is 0 Å². The molecule has 98 valence electrons. The van der Waals surface area contributed by atoms with Crippen LogP contribution in [0.3, 0.4) is 0 Å². The van der Waals surface area contributed by atoms with E-state index < -0.39 is 0 Å². The highest BCUT2D eigenvalue weighted by Crippen LogP contribution is 2.21. The molecule has 0 bridgehead atoms. The summed E-state index contributed by atoms with van der Waals surface area (Å²) < 4.78 is 2.03. The summed E-state index contributed by atoms with van der Waals surface area (Å²) in [5, 5.41) is 0. The molecule has 1 aromatic rings. The Morgan fingerprint density at radius 3 is 2.47 bits per heavy atom. The first-order valence-corrected chi connectivity index (χ1v) is 6.13. The SMILES string of the molecule is C=C/C=C\c1c(C=C)nc(C(/C=C\C)=C/C=C)n1C. The molecule has 1 aromatic heterocycles. The summed E-state index contributed by atoms with van der Waals surface area (Å²) in [5.74, 6) is 0.886. The van der Waals surface area contributed by atoms with Crippen LogP contribution in [0.1, 0.15) is 24.1 Å². The van der Waals surface area contributed by atoms with Crippen molar-refractivity contribution in [2.75, 3.05) is 0 Å². The molecule has 0 saturated heterocycles. The molecule has 0 amide bonds. The van der Waals surface area contributed by atoms with Crippen LogP contribution in [-0.2, 0) is 7.05 Å². The maximum atomic E-state index is 4.61. The van der Waals surface area contributed by atoms with Crippen molar-refractivity contribution in [2.24, 2.45) is 7.05 Å². The van der Waals surface area contributed by atoms with E-state index in [1.54, 1.807) is 18.2 Å². The maximum Gasteiger partial charge on any atom is 0.140 e. The Balaban J connectivity index is 3.45. The predicted octanol–water partition coefficient (Wildman–Crippen LogP) is 4.41. The highest BCUT2D eigenvalue weighted by Gasteiger charge is 2.11. The van der Waals surface area contributed by atoms with E-state index in [-0.39, 0.29) is 0 Å². The fourth-order valence-corrected chi connectivity index (χ4v) is 1.81. The molecule has 0 aromatic carbocycles. The van der Waals surface area contributed by atoms with E-state index in [2.05, 4.69) is 24.7 Å². The van der Waals surface area contributed by atoms with Gasteiger partial charge in [-0.2, -0.15) is 0 Å². The standard InChI is InChI=1S/C17H20N2/c1-6-10-13-16-15(9-4)18-17(19(16)5)14(11-7-2)12-8-3/h6-13H,1-2,4H2,3,5H3/b12-8-,13-10-,14-11+. The summed E-state index contributed by atoms with van der Waals surface area (Å²) in [5.41, 5.74) is 2.88. The van der Waals surface area contributed by atoms with Crippen LogP contribution in [0.5, 0.6) is 0 Å². The fraction of sp³-hybridized carbons (Fsp3) is 0.118. The van der Waals surface area contributed by atoms with Gasteiger partial charge in [0.15, 0.2) is 0 Å². The minimum Gasteiger partial charge on any atom is -0.327 e. The Kier molecular flexibility index (Phi) is 5.55. The van der Waals surface area contributed by atoms with Gasteiger partial charge in [0, 0.05) is 12.6 Å². The monoisotopic (exact) mass is 252 g/mol. The molecule has 0 aliphatic heterocycles. The van der Waals surface area contributed by atoms with Gasteiger partial charge in [-0.05, 0) is 19.1 Å². The lowest BCUT2D eigenvalue weighted by Gasteiger charge is -2.03. The molecular weight excluding hydrogens is 232 g/mol. The van der Waals surface area contributed by atoms with E-state index in [9.17, 15) is 0 Å². The van der Waals surface area contributed by atoms with Crippen LogP contribution in [0.4, 0.5) is 0 Å². The van der Waals surface area contributed by atoms with Crippen molar-refractivity contribution in [3.8, 4) is 0 Å². The first-order chi connectivity index (χ1) is 9.19. The van der Waals surface area contributed by atoms with E-state index in [0.29, 0.717) is 0 Å². The lowest BCUT2D eigenvalue weighted by molar-refractivity contribution is 0.882. The van der Waals surface area contributed by atoms with Gasteiger partial charge in [-0.15, -0.1) is 0 Å². The molecule has 0 fully saturated rings. The topological polar surface area (TPSA) is 17.8 Å². The van der Waals surface area contributed by atoms with Gasteiger partial charge in [0.05, 0.1) is 11.4 Å². The largest absolute Gasteiger partial charge is 0.327 e. The second kappa shape index (κ2) is 7.17. The highest BCUT2D eigenvalue weighted by molar-refractivity contribution is 5.74. The van der Waals surface area contributed by atoms with Crippen LogP contribution < -0.4 is 0 Å². The molecule has 1 heterocycles. The molecule has 0 spiro atoms. The van der Waals surface area contributed by atoms with Crippen LogP contribution in [0.15, 0.2) is 56.2 Å². The molecule has 19 heavy (non-hydrogen) atoms. The number of rotatable bonds is 6. The predicted molar refractivity (Wildman–Crippen MR) is 85.5 cm³/mol. The average Bonchev–Trinajstić information content (AvgIpc) is 2.72. The molecule has 0 unspecified atom stereocenters. The van der Waals surface area contributed by atoms with E-state index >= 15 is 0 Å². The number of imidazole rings is 1. The Hall–Kier alpha value is -2.35. The zero-order valence-electron chi connectivity index (χ0n) is 11.6. The van der Waals surface area contributed by atoms with Crippen molar-refractivity contribution in [2.45, 2.75) is 6.92 Å². The fourth-order valence-electron chi connectivity index (χ4n) is 1.81. The first-order valence-electron chi connectivity index (χ1n) is 6.13. The zero-order valence-corrected chi connectivity index (χ0v) is 11.6. The van der Waals surface area contributed by atoms with E-state index in [1.165, 1.54) is 0 Å². The third-order valence-corrected chi connectivity index (χ3v) is 2.65. The maximum absolute atomic E-state index is 4.61. The molecule has 0 saturated carbocycles. The molecule has 2 nitrogen and oxygen atoms in total. The number of nitrogens with zero attached hydrogens (tertiary/aromatic N) is 2. The second-order valence-corrected chi connectivity index (χ2v) is 3.92. The smallest absolute Gasteiger partial charge is 0.140 e. The summed E-state index contributed by atoms with van der Waals surface area (Å²) in [7, 11) is 1.98. The number of hydrogen-bond donors (Lipinski definition) is 0. The molecule has 0 radical (unpaired) electrons. The Morgan fingerprint density at radius 2 is 1.95 bits per heavy atom. The Bertz CT molecular complexity index is 566. The Labute approximate surface area is 115 Å². The number of aromatic nitrogens is 2. The van der Waals surface area contributed by atoms with Crippen molar-refractivity contribution in [3.63, 3.8) is 0 Å². The molecule has 0 aliphatic carbocycles. The minimum atomic E-state index is 0.857. The second-order valence-electron chi connectivity index (χ2n) is 3.92. The van der Waals surface area contributed by atoms with Crippen LogP contribution in [0, 0.1) is 0 Å². The van der Waals surface area contributed by atoms with Gasteiger partial charge >= 0.3 is 0 Å². The molecule has 0 atom stereocenters. The van der Waals surface area contributed by atoms with Crippen molar-refractivity contribution in [1.82, 2.24) is 9.55 Å². The molecule has 2 heteroatoms. The summed E-state index contributed by atoms with van der Waals surface area (Å²) in [4.78, 5) is 4.61. The van der Waals surface area contributed by atoms with E-state index in [0.717, 1.165) is 22.8 Å². The van der Waals surface area contributed by atoms with Crippen LogP contribution in [-0.4, -0.2) is 9.55 Å². The van der Waals surface area contributed by atoms with E-state index in [1.807, 2.05) is 48.9 Å². The van der Waals surface area contributed by atoms with Crippen molar-refractivity contribution in [3.05, 3.63) is 73.4 Å². The van der Waals surface area contributed by atoms with Gasteiger partial charge in [-0.25, -0.2) is 4.98 Å². The lowest BCUT2D eigenvalue weighted by atomic mass is 10.2. The van der Waals surface area contributed by atoms with Crippen LogP contribution in [0.2, 0.25) is 0 Å². The van der Waals surface area contributed by atoms with Crippen molar-refractivity contribution in [1.29, 1.82) is 0 Å². The third-order valence-electron chi connectivity index (χ3n) is 2.65. The minimum absolute atomic E-state index is 0.857. The van der Waals surface area contributed by atoms with Gasteiger partial charge in [-0.3, -0.25) is 0 Å². The zero-order chi connectivity index (χ0) is 14.3. The number of hydrogen-bond acceptors (Lipinski definition) is 1. The van der Waals surface area contributed by atoms with Gasteiger partial charge in [-0.1, -0.05) is 56.2 Å². The van der Waals surface area contributed by atoms with Gasteiger partial charge < -0.3 is 4.57 Å². The molecule has 0 N–H and O–H groups in total. The Morgan fingerprint density at radius 1 is 1.21 bits per heavy atom. The highest BCUT2D eigenvalue weighted by atomic mass is 15.1. The summed E-state index contributed by atoms with van der Waals surface area (Å²) in [6.07, 6.45) is 15.1. The van der Waals surface area contributed by atoms with Crippen molar-refractivity contribution >= 4 is 17.7 Å². The average molecular weight is 252 g/mol. The van der Waals surface area contributed by atoms with Gasteiger partial charge in [0.25, 0.3) is 0 Å². The quantitative estimate of drug-likeness (QED) is 0.686. The summed E-state index contributed by atoms with van der Waals surface area (Å²) in [6, 6.07) is 0. The third kappa shape index (κ3) is 3.32. The molecule has 0 aliphatic rings. The van der Waals surface area contributed by atoms with E-state index in [4.69, 9.17) is 0 Å². The van der Waals surface area contributed by atoms with Crippen molar-refractivity contribution < 1.29 is 0 Å². The van der Waals surface area contributed by atoms with Gasteiger partial charge in [0.1, 0.15) is 5.82 Å².